The largest absolute Gasteiger partial charge is 0.477 e. The monoisotopic (exact) mass is 2160 g/mol. The maximum atomic E-state index is 14.6. The molecular formula is C81H130N6O61. The number of aliphatic hydroxyl groups excluding tert-OH is 28. The van der Waals surface area contributed by atoms with Gasteiger partial charge in [0, 0.05) is 73.6 Å². The summed E-state index contributed by atoms with van der Waals surface area (Å²) in [7, 11) is 0. The molecular weight excluding hydrogens is 2030 g/mol. The maximum absolute atomic E-state index is 14.6. The molecule has 67 heteroatoms. The Hall–Kier alpha value is -7.63. The molecule has 0 radical (unpaired) electrons. The van der Waals surface area contributed by atoms with Crippen molar-refractivity contribution < 1.29 is 302 Å². The molecule has 0 unspecified atom stereocenters. The molecule has 0 aliphatic carbocycles. The van der Waals surface area contributed by atoms with Crippen LogP contribution in [0.15, 0.2) is 0 Å². The van der Waals surface area contributed by atoms with E-state index in [2.05, 4.69) is 31.9 Å². The van der Waals surface area contributed by atoms with Gasteiger partial charge in [-0.3, -0.25) is 28.8 Å². The lowest BCUT2D eigenvalue weighted by molar-refractivity contribution is -0.405. The number of nitrogens with one attached hydrogen (secondary N) is 6. The molecule has 0 aromatic heterocycles. The average Bonchev–Trinajstić information content (AvgIpc) is 0.747. The second-order valence-electron chi connectivity index (χ2n) is 36.7. The van der Waals surface area contributed by atoms with E-state index in [1.54, 1.807) is 0 Å². The number of carboxylic acids is 5. The van der Waals surface area contributed by atoms with Crippen LogP contribution in [0.1, 0.15) is 73.6 Å². The number of aliphatic carboxylic acids is 5. The van der Waals surface area contributed by atoms with Gasteiger partial charge < -0.3 is 281 Å². The van der Waals surface area contributed by atoms with E-state index in [1.807, 2.05) is 0 Å². The van der Waals surface area contributed by atoms with Gasteiger partial charge in [-0.1, -0.05) is 0 Å². The fourth-order valence-corrected chi connectivity index (χ4v) is 18.9. The zero-order valence-electron chi connectivity index (χ0n) is 79.1. The quantitative estimate of drug-likeness (QED) is 0.0269. The van der Waals surface area contributed by atoms with Crippen molar-refractivity contribution in [2.45, 2.75) is 378 Å². The first-order chi connectivity index (χ1) is 69.2. The number of aliphatic hydroxyl groups is 28. The smallest absolute Gasteiger partial charge is 0.364 e. The molecule has 9 aliphatic heterocycles. The Kier molecular flexibility index (Phi) is 43.2. The Morgan fingerprint density at radius 1 is 0.277 bits per heavy atom. The van der Waals surface area contributed by atoms with Crippen LogP contribution in [-0.2, 0) is 133 Å². The van der Waals surface area contributed by atoms with Crippen molar-refractivity contribution in [2.75, 3.05) is 59.5 Å². The summed E-state index contributed by atoms with van der Waals surface area (Å²) in [5, 5.41) is 387. The third-order valence-corrected chi connectivity index (χ3v) is 26.1. The van der Waals surface area contributed by atoms with Crippen LogP contribution in [-0.4, -0.2) is 597 Å². The second kappa shape index (κ2) is 51.6. The second-order valence-corrected chi connectivity index (χ2v) is 36.7. The number of carbonyl (C=O) groups excluding carboxylic acids is 6. The van der Waals surface area contributed by atoms with Crippen molar-refractivity contribution in [1.29, 1.82) is 0 Å². The fraction of sp³-hybridized carbons (Fsp3) is 0.864. The third-order valence-electron chi connectivity index (χ3n) is 26.1. The summed E-state index contributed by atoms with van der Waals surface area (Å²) < 4.78 is 99.4. The number of rotatable bonds is 46. The van der Waals surface area contributed by atoms with E-state index in [4.69, 9.17) is 80.5 Å². The lowest BCUT2D eigenvalue weighted by atomic mass is 9.86. The van der Waals surface area contributed by atoms with E-state index in [0.717, 1.165) is 41.5 Å². The van der Waals surface area contributed by atoms with Gasteiger partial charge in [-0.05, 0) is 0 Å². The van der Waals surface area contributed by atoms with Crippen LogP contribution in [0.2, 0.25) is 0 Å². The summed E-state index contributed by atoms with van der Waals surface area (Å²) in [6.45, 7) is -8.70. The van der Waals surface area contributed by atoms with Crippen LogP contribution >= 0.6 is 0 Å². The highest BCUT2D eigenvalue weighted by atomic mass is 16.8. The summed E-state index contributed by atoms with van der Waals surface area (Å²) in [6, 6.07) is -12.9. The summed E-state index contributed by atoms with van der Waals surface area (Å²) in [5.74, 6) is -37.1. The Morgan fingerprint density at radius 2 is 0.527 bits per heavy atom. The molecule has 0 aromatic rings. The van der Waals surface area contributed by atoms with E-state index < -0.39 is 461 Å². The van der Waals surface area contributed by atoms with Crippen molar-refractivity contribution in [3.8, 4) is 0 Å². The first-order valence-electron chi connectivity index (χ1n) is 45.8. The lowest BCUT2D eigenvalue weighted by Crippen LogP contribution is -2.73. The molecule has 9 rings (SSSR count). The maximum Gasteiger partial charge on any atom is 0.364 e. The summed E-state index contributed by atoms with van der Waals surface area (Å²) in [6.07, 6.45) is -107. The Bertz CT molecular complexity index is 4450. The number of carboxylic acid groups (broad SMARTS) is 5. The topological polar surface area (TPSA) is 1080 Å². The van der Waals surface area contributed by atoms with E-state index >= 15 is 0 Å². The molecule has 0 bridgehead atoms. The summed E-state index contributed by atoms with van der Waals surface area (Å²) in [5.41, 5.74) is 0. The Morgan fingerprint density at radius 3 is 0.824 bits per heavy atom. The molecule has 0 aromatic carbocycles. The van der Waals surface area contributed by atoms with E-state index in [1.165, 1.54) is 0 Å². The molecule has 9 saturated heterocycles. The van der Waals surface area contributed by atoms with Crippen LogP contribution in [0.4, 0.5) is 0 Å². The number of hydrogen-bond acceptors (Lipinski definition) is 56. The molecule has 9 aliphatic rings. The fourth-order valence-electron chi connectivity index (χ4n) is 18.9. The van der Waals surface area contributed by atoms with E-state index in [0.29, 0.717) is 0 Å². The van der Waals surface area contributed by atoms with Crippen LogP contribution in [0.3, 0.4) is 0 Å². The van der Waals surface area contributed by atoms with E-state index in [-0.39, 0.29) is 0 Å². The van der Waals surface area contributed by atoms with Crippen LogP contribution in [0.25, 0.3) is 0 Å². The van der Waals surface area contributed by atoms with Crippen molar-refractivity contribution >= 4 is 65.3 Å². The van der Waals surface area contributed by atoms with Crippen molar-refractivity contribution in [3.63, 3.8) is 0 Å². The van der Waals surface area contributed by atoms with Gasteiger partial charge in [0.1, 0.15) is 189 Å². The van der Waals surface area contributed by atoms with Gasteiger partial charge in [-0.15, -0.1) is 0 Å². The summed E-state index contributed by atoms with van der Waals surface area (Å²) >= 11 is 0. The van der Waals surface area contributed by atoms with Crippen LogP contribution < -0.4 is 31.9 Å². The number of amides is 6. The minimum Gasteiger partial charge on any atom is -0.477 e. The molecule has 6 amide bonds. The molecule has 148 heavy (non-hydrogen) atoms. The van der Waals surface area contributed by atoms with Gasteiger partial charge in [-0.2, -0.15) is 0 Å². The standard InChI is InChI=1S/C81H130N6O61/c1-21(97)82-41-27(103)7-77(72(122)123,142-61(41)47(110)32(108)12-88)139-36(16-92)51(114)63-43(84-23(3)99)29(105)9-79(144-63,74(126)127)141-38(18-94)53(116)65-45(86-25(5)101)31(107)11-81(146-65,76(130)131)148-67-57(120)71(136-58-39(19-95)132-68(121)55(118)54(58)117)135-40(20-96)59(67)137-69-46(87-26(6)102)60(49(112)34(14-90)133-69)138-70-56(119)66(50(113)35(15-91)134-70)147-80(75(128)129)10-30(106)44(85-24(4)100)64(145-80)52(115)37(17-93)140-78(73(124)125)8-28(104)42(83-22(2)98)62(143-78)48(111)33(109)13-89/h27-71,88-96,103-121H,7-20H2,1-6H3,(H,82,97)(H,83,98)(H,84,99)(H,85,100)(H,86,101)(H,87,102)(H,122,123)(H,124,125)(H,126,127)(H,128,129)(H,130,131)/t27-,28-,29-,30-,31-,32+,33+,34+,35+,36+,37+,38+,39+,40+,41+,42+,43+,44+,45+,46+,47+,48+,49-,50-,51+,52+,53+,54+,55+,56+,57+,58+,59-,60+,61+,62+,63+,64+,65+,66-,67+,68+,69-,70-,71-,77+,78+,79+,80-,81-/m0/s1. The lowest BCUT2D eigenvalue weighted by Gasteiger charge is -2.53. The third kappa shape index (κ3) is 26.9. The van der Waals surface area contributed by atoms with Crippen LogP contribution in [0, 0.1) is 0 Å². The summed E-state index contributed by atoms with van der Waals surface area (Å²) in [4.78, 5) is 147. The number of ether oxygens (including phenoxy) is 17. The minimum atomic E-state index is -3.95. The van der Waals surface area contributed by atoms with Gasteiger partial charge in [-0.25, -0.2) is 24.0 Å². The molecule has 39 N–H and O–H groups in total. The van der Waals surface area contributed by atoms with Crippen molar-refractivity contribution in [1.82, 2.24) is 31.9 Å². The Labute approximate surface area is 833 Å². The zero-order chi connectivity index (χ0) is 111. The molecule has 850 valence electrons. The van der Waals surface area contributed by atoms with Gasteiger partial charge in [0.15, 0.2) is 25.2 Å². The molecule has 9 fully saturated rings. The van der Waals surface area contributed by atoms with Crippen molar-refractivity contribution in [2.24, 2.45) is 0 Å². The molecule has 0 saturated carbocycles. The van der Waals surface area contributed by atoms with Gasteiger partial charge >= 0.3 is 29.8 Å². The van der Waals surface area contributed by atoms with Gasteiger partial charge in [0.2, 0.25) is 35.4 Å². The average molecular weight is 2160 g/mol. The molecule has 50 atom stereocenters. The van der Waals surface area contributed by atoms with Crippen molar-refractivity contribution in [3.05, 3.63) is 0 Å². The van der Waals surface area contributed by atoms with E-state index in [9.17, 15) is 221 Å². The highest BCUT2D eigenvalue weighted by molar-refractivity contribution is 5.80. The van der Waals surface area contributed by atoms with Gasteiger partial charge in [0.25, 0.3) is 28.9 Å². The predicted molar refractivity (Wildman–Crippen MR) is 453 cm³/mol. The molecule has 9 heterocycles. The Balaban J connectivity index is 1.09. The number of carbonyl (C=O) groups is 11. The molecule has 0 spiro atoms. The zero-order valence-corrected chi connectivity index (χ0v) is 79.1. The normalized spacial score (nSPS) is 41.9. The van der Waals surface area contributed by atoms with Crippen LogP contribution in [0.5, 0.6) is 0 Å². The highest BCUT2D eigenvalue weighted by Gasteiger charge is 2.69. The minimum absolute atomic E-state index is 0.726. The van der Waals surface area contributed by atoms with Gasteiger partial charge in [0.05, 0.1) is 120 Å². The first kappa shape index (κ1) is 124. The SMILES string of the molecule is CC(=O)N[C@H]1[C@H](O[C@@H]2[C@H](O[C@]3(C(=O)O)C[C@H](O)[C@@H](NC(C)=O)[C@H]([C@H](O)[C@@H](CO)O[C@]4(C(=O)O)C[C@H](O)[C@@H](NC(C)=O)[C@H]([C@H](O)[C@@H](CO)O[C@]5(C(=O)O)C[C@H](O)[C@@H](NC(C)=O)[C@H]([C@H](O)[C@H](O)CO)O5)O4)O3)[C@@H](O)[C@H](O[C@H]3[C@H](O)[C@@H](O)[C@H](O)O[C@@H]3CO)O[C@@H]2CO)O[C@H](CO)[C@H](O)[C@@H]1O[C@@H]1O[C@H](CO)[C@H](O)[C@H](O[C@]2(C(=O)O)C[C@H](O)[C@@H](NC(C)=O)[C@H]([C@H](O)[C@@H](CO)O[C@]3(C(=O)O)C[C@H](O)[C@@H](NC(C)=O)[C@H]([C@H](O)[C@H](O)CO)O3)O2)[C@H]1O. The highest BCUT2D eigenvalue weighted by Crippen LogP contribution is 2.47. The molecule has 67 nitrogen and oxygen atoms in total. The first-order valence-corrected chi connectivity index (χ1v) is 45.8. The number of hydrogen-bond donors (Lipinski definition) is 39. The predicted octanol–water partition coefficient (Wildman–Crippen LogP) is -23.7.